The summed E-state index contributed by atoms with van der Waals surface area (Å²) in [5.41, 5.74) is 12.2. The fraction of sp³-hybridized carbons (Fsp3) is 0.111. The molecule has 6 heteroatoms. The zero-order chi connectivity index (χ0) is 10.8. The standard InChI is InChI=1S/C9H10ClN5/c10-6-1-3-7(4-2-6)15-5-13-8(11)14-9(15)12/h1-4H,5H2,(H4,11,12,13,14)/p+1. The molecule has 0 fully saturated rings. The molecule has 0 aliphatic carbocycles. The molecule has 0 spiro atoms. The summed E-state index contributed by atoms with van der Waals surface area (Å²) in [6, 6.07) is 7.33. The van der Waals surface area contributed by atoms with Gasteiger partial charge < -0.3 is 5.73 Å². The first-order chi connectivity index (χ1) is 7.16. The Labute approximate surface area is 92.1 Å². The monoisotopic (exact) mass is 224 g/mol. The van der Waals surface area contributed by atoms with Gasteiger partial charge in [-0.15, -0.1) is 0 Å². The number of hydrogen-bond donors (Lipinski definition) is 3. The molecule has 0 unspecified atom stereocenters. The topological polar surface area (TPSA) is 79.4 Å². The van der Waals surface area contributed by atoms with Crippen molar-refractivity contribution in [1.82, 2.24) is 5.32 Å². The van der Waals surface area contributed by atoms with Crippen molar-refractivity contribution < 1.29 is 4.58 Å². The summed E-state index contributed by atoms with van der Waals surface area (Å²) in [6.07, 6.45) is 0. The zero-order valence-electron chi connectivity index (χ0n) is 7.94. The Morgan fingerprint density at radius 1 is 1.27 bits per heavy atom. The summed E-state index contributed by atoms with van der Waals surface area (Å²) in [5, 5.41) is 3.44. The first kappa shape index (κ1) is 9.79. The minimum absolute atomic E-state index is 0.331. The van der Waals surface area contributed by atoms with Gasteiger partial charge in [0.1, 0.15) is 5.69 Å². The molecule has 1 aromatic rings. The molecule has 1 heterocycles. The van der Waals surface area contributed by atoms with Gasteiger partial charge in [0, 0.05) is 5.02 Å². The van der Waals surface area contributed by atoms with Crippen molar-refractivity contribution in [3.63, 3.8) is 0 Å². The number of nitrogens with zero attached hydrogens (tertiary/aromatic N) is 2. The SMILES string of the molecule is NC1=NC[N+](c2ccc(Cl)cc2)=C(N)N1. The molecule has 15 heavy (non-hydrogen) atoms. The maximum absolute atomic E-state index is 5.79. The highest BCUT2D eigenvalue weighted by molar-refractivity contribution is 6.30. The molecule has 0 radical (unpaired) electrons. The van der Waals surface area contributed by atoms with Crippen molar-refractivity contribution in [2.45, 2.75) is 0 Å². The van der Waals surface area contributed by atoms with Gasteiger partial charge in [-0.1, -0.05) is 11.6 Å². The van der Waals surface area contributed by atoms with Gasteiger partial charge in [-0.3, -0.25) is 5.73 Å². The number of halogens is 1. The van der Waals surface area contributed by atoms with E-state index in [-0.39, 0.29) is 0 Å². The Morgan fingerprint density at radius 2 is 1.93 bits per heavy atom. The van der Waals surface area contributed by atoms with Gasteiger partial charge in [0.05, 0.1) is 0 Å². The molecule has 2 rings (SSSR count). The number of nitrogens with two attached hydrogens (primary N) is 2. The molecule has 0 bridgehead atoms. The second-order valence-corrected chi connectivity index (χ2v) is 3.54. The van der Waals surface area contributed by atoms with Gasteiger partial charge in [0.25, 0.3) is 5.96 Å². The lowest BCUT2D eigenvalue weighted by Crippen LogP contribution is -2.49. The normalized spacial score (nSPS) is 15.9. The summed E-state index contributed by atoms with van der Waals surface area (Å²) in [4.78, 5) is 4.04. The van der Waals surface area contributed by atoms with Crippen LogP contribution in [0.5, 0.6) is 0 Å². The third-order valence-electron chi connectivity index (χ3n) is 2.07. The smallest absolute Gasteiger partial charge is 0.357 e. The molecule has 0 saturated carbocycles. The van der Waals surface area contributed by atoms with E-state index < -0.39 is 0 Å². The van der Waals surface area contributed by atoms with Crippen LogP contribution in [0.15, 0.2) is 29.3 Å². The Balaban J connectivity index is 2.32. The molecule has 0 aromatic heterocycles. The van der Waals surface area contributed by atoms with E-state index in [1.165, 1.54) is 0 Å². The summed E-state index contributed by atoms with van der Waals surface area (Å²) in [5.74, 6) is 0.794. The van der Waals surface area contributed by atoms with E-state index in [1.807, 2.05) is 12.1 Å². The zero-order valence-corrected chi connectivity index (χ0v) is 8.70. The second-order valence-electron chi connectivity index (χ2n) is 3.10. The van der Waals surface area contributed by atoms with Gasteiger partial charge in [0.15, 0.2) is 6.67 Å². The van der Waals surface area contributed by atoms with E-state index in [2.05, 4.69) is 10.3 Å². The maximum Gasteiger partial charge on any atom is 0.357 e. The van der Waals surface area contributed by atoms with Crippen LogP contribution in [-0.4, -0.2) is 23.2 Å². The largest absolute Gasteiger partial charge is 0.357 e. The third kappa shape index (κ3) is 2.02. The Kier molecular flexibility index (Phi) is 2.47. The highest BCUT2D eigenvalue weighted by Gasteiger charge is 2.16. The molecule has 78 valence electrons. The van der Waals surface area contributed by atoms with Crippen molar-refractivity contribution >= 4 is 29.2 Å². The first-order valence-electron chi connectivity index (χ1n) is 4.39. The van der Waals surface area contributed by atoms with Crippen LogP contribution in [0.4, 0.5) is 5.69 Å². The molecule has 0 amide bonds. The number of benzene rings is 1. The lowest BCUT2D eigenvalue weighted by atomic mass is 10.3. The highest BCUT2D eigenvalue weighted by Crippen LogP contribution is 2.16. The van der Waals surface area contributed by atoms with E-state index >= 15 is 0 Å². The average molecular weight is 225 g/mol. The van der Waals surface area contributed by atoms with E-state index in [0.29, 0.717) is 23.6 Å². The van der Waals surface area contributed by atoms with Crippen LogP contribution < -0.4 is 16.8 Å². The molecule has 5 nitrogen and oxygen atoms in total. The lowest BCUT2D eigenvalue weighted by Gasteiger charge is -2.13. The van der Waals surface area contributed by atoms with Gasteiger partial charge >= 0.3 is 5.96 Å². The van der Waals surface area contributed by atoms with Crippen molar-refractivity contribution in [2.75, 3.05) is 6.67 Å². The lowest BCUT2D eigenvalue weighted by molar-refractivity contribution is -0.443. The minimum atomic E-state index is 0.331. The predicted octanol–water partition coefficient (Wildman–Crippen LogP) is 0.174. The predicted molar refractivity (Wildman–Crippen MR) is 60.2 cm³/mol. The Hall–Kier alpha value is -1.75. The fourth-order valence-electron chi connectivity index (χ4n) is 1.30. The Bertz CT molecular complexity index is 434. The summed E-state index contributed by atoms with van der Waals surface area (Å²) >= 11 is 5.79. The summed E-state index contributed by atoms with van der Waals surface area (Å²) in [6.45, 7) is 0.409. The third-order valence-corrected chi connectivity index (χ3v) is 2.32. The average Bonchev–Trinajstić information content (AvgIpc) is 2.20. The molecule has 1 aliphatic heterocycles. The molecule has 0 atom stereocenters. The molecule has 0 saturated heterocycles. The van der Waals surface area contributed by atoms with Gasteiger partial charge in [0.2, 0.25) is 0 Å². The van der Waals surface area contributed by atoms with E-state index in [9.17, 15) is 0 Å². The summed E-state index contributed by atoms with van der Waals surface area (Å²) in [7, 11) is 0. The second kappa shape index (κ2) is 3.78. The highest BCUT2D eigenvalue weighted by atomic mass is 35.5. The maximum atomic E-state index is 5.79. The van der Waals surface area contributed by atoms with Crippen LogP contribution in [0.2, 0.25) is 5.02 Å². The summed E-state index contributed by atoms with van der Waals surface area (Å²) < 4.78 is 1.80. The molecular formula is C9H11ClN5+. The fourth-order valence-corrected chi connectivity index (χ4v) is 1.43. The number of rotatable bonds is 1. The molecular weight excluding hydrogens is 214 g/mol. The van der Waals surface area contributed by atoms with Crippen LogP contribution in [0, 0.1) is 0 Å². The van der Waals surface area contributed by atoms with E-state index in [4.69, 9.17) is 23.1 Å². The molecule has 5 N–H and O–H groups in total. The van der Waals surface area contributed by atoms with Crippen LogP contribution in [0.25, 0.3) is 0 Å². The van der Waals surface area contributed by atoms with Crippen molar-refractivity contribution in [1.29, 1.82) is 0 Å². The van der Waals surface area contributed by atoms with Crippen LogP contribution in [0.1, 0.15) is 0 Å². The van der Waals surface area contributed by atoms with Crippen molar-refractivity contribution in [3.05, 3.63) is 29.3 Å². The number of hydrogen-bond acceptors (Lipinski definition) is 4. The van der Waals surface area contributed by atoms with Crippen LogP contribution in [0.3, 0.4) is 0 Å². The minimum Gasteiger partial charge on any atom is -0.357 e. The number of aliphatic imine (C=N–C) groups is 1. The first-order valence-corrected chi connectivity index (χ1v) is 4.77. The molecule has 1 aromatic carbocycles. The van der Waals surface area contributed by atoms with Gasteiger partial charge in [-0.2, -0.15) is 0 Å². The van der Waals surface area contributed by atoms with Crippen molar-refractivity contribution in [3.8, 4) is 0 Å². The number of guanidine groups is 2. The quantitative estimate of drug-likeness (QED) is 0.595. The van der Waals surface area contributed by atoms with Gasteiger partial charge in [-0.25, -0.2) is 14.9 Å². The molecule has 1 aliphatic rings. The van der Waals surface area contributed by atoms with Crippen LogP contribution >= 0.6 is 11.6 Å². The van der Waals surface area contributed by atoms with E-state index in [1.54, 1.807) is 16.7 Å². The van der Waals surface area contributed by atoms with Crippen LogP contribution in [-0.2, 0) is 0 Å². The van der Waals surface area contributed by atoms with E-state index in [0.717, 1.165) is 5.69 Å². The van der Waals surface area contributed by atoms with Crippen molar-refractivity contribution in [2.24, 2.45) is 16.5 Å². The Morgan fingerprint density at radius 3 is 2.53 bits per heavy atom. The number of nitrogens with one attached hydrogen (secondary N) is 1. The van der Waals surface area contributed by atoms with Gasteiger partial charge in [-0.05, 0) is 24.3 Å².